The third-order valence-corrected chi connectivity index (χ3v) is 2.23. The summed E-state index contributed by atoms with van der Waals surface area (Å²) in [4.78, 5) is 0. The van der Waals surface area contributed by atoms with E-state index in [0.717, 1.165) is 0 Å². The predicted octanol–water partition coefficient (Wildman–Crippen LogP) is 3.08. The van der Waals surface area contributed by atoms with Gasteiger partial charge in [0, 0.05) is 11.4 Å². The van der Waals surface area contributed by atoms with Gasteiger partial charge in [0.05, 0.1) is 0 Å². The fraction of sp³-hybridized carbons (Fsp3) is 0.333. The molecule has 1 nitrogen and oxygen atoms in total. The highest BCUT2D eigenvalue weighted by Crippen LogP contribution is 2.27. The summed E-state index contributed by atoms with van der Waals surface area (Å²) in [6, 6.07) is 1.10. The van der Waals surface area contributed by atoms with Crippen molar-refractivity contribution in [2.45, 2.75) is 18.7 Å². The maximum atomic E-state index is 12.7. The lowest BCUT2D eigenvalue weighted by molar-refractivity contribution is -0.203. The van der Waals surface area contributed by atoms with Crippen LogP contribution in [0.5, 0.6) is 0 Å². The normalized spacial score (nSPS) is 13.9. The van der Waals surface area contributed by atoms with Crippen molar-refractivity contribution in [2.24, 2.45) is 0 Å². The fourth-order valence-electron chi connectivity index (χ4n) is 1.04. The number of benzene rings is 1. The lowest BCUT2D eigenvalue weighted by atomic mass is 10.1. The smallest absolute Gasteiger partial charge is 0.383 e. The molecule has 1 N–H and O–H groups in total. The molecule has 90 valence electrons. The highest BCUT2D eigenvalue weighted by Gasteiger charge is 2.38. The Labute approximate surface area is 92.5 Å². The Kier molecular flexibility index (Phi) is 3.75. The Morgan fingerprint density at radius 2 is 1.69 bits per heavy atom. The number of halogens is 6. The molecule has 1 aromatic rings. The van der Waals surface area contributed by atoms with Gasteiger partial charge in [-0.25, -0.2) is 8.78 Å². The van der Waals surface area contributed by atoms with Crippen LogP contribution in [0.3, 0.4) is 0 Å². The number of aliphatic hydroxyl groups is 1. The maximum absolute atomic E-state index is 12.7. The highest BCUT2D eigenvalue weighted by molar-refractivity contribution is 6.31. The van der Waals surface area contributed by atoms with Gasteiger partial charge in [0.2, 0.25) is 0 Å². The SMILES string of the molecule is OC(Cc1cc(F)c(F)cc1Cl)C(F)(F)F. The van der Waals surface area contributed by atoms with Gasteiger partial charge in [-0.3, -0.25) is 0 Å². The van der Waals surface area contributed by atoms with Gasteiger partial charge in [-0.2, -0.15) is 13.2 Å². The lowest BCUT2D eigenvalue weighted by Gasteiger charge is -2.15. The largest absolute Gasteiger partial charge is 0.414 e. The van der Waals surface area contributed by atoms with Gasteiger partial charge in [-0.15, -0.1) is 0 Å². The first-order valence-electron chi connectivity index (χ1n) is 4.10. The molecular weight excluding hydrogens is 255 g/mol. The molecule has 0 heterocycles. The summed E-state index contributed by atoms with van der Waals surface area (Å²) in [5, 5.41) is 8.36. The van der Waals surface area contributed by atoms with Gasteiger partial charge < -0.3 is 5.11 Å². The van der Waals surface area contributed by atoms with Gasteiger partial charge in [0.15, 0.2) is 17.7 Å². The van der Waals surface area contributed by atoms with E-state index in [1.54, 1.807) is 0 Å². The molecular formula is C9H6ClF5O. The van der Waals surface area contributed by atoms with E-state index in [9.17, 15) is 22.0 Å². The monoisotopic (exact) mass is 260 g/mol. The molecule has 1 rings (SSSR count). The molecule has 0 radical (unpaired) electrons. The number of aliphatic hydroxyl groups excluding tert-OH is 1. The zero-order valence-corrected chi connectivity index (χ0v) is 8.41. The summed E-state index contributed by atoms with van der Waals surface area (Å²) in [7, 11) is 0. The Bertz CT molecular complexity index is 390. The number of rotatable bonds is 2. The molecule has 0 aliphatic rings. The zero-order valence-electron chi connectivity index (χ0n) is 7.65. The van der Waals surface area contributed by atoms with Crippen LogP contribution in [0.1, 0.15) is 5.56 Å². The summed E-state index contributed by atoms with van der Waals surface area (Å²) in [5.41, 5.74) is -0.301. The predicted molar refractivity (Wildman–Crippen MR) is 47.1 cm³/mol. The molecule has 7 heteroatoms. The van der Waals surface area contributed by atoms with Crippen LogP contribution < -0.4 is 0 Å². The molecule has 1 unspecified atom stereocenters. The van der Waals surface area contributed by atoms with Crippen molar-refractivity contribution in [1.29, 1.82) is 0 Å². The van der Waals surface area contributed by atoms with Crippen molar-refractivity contribution in [2.75, 3.05) is 0 Å². The highest BCUT2D eigenvalue weighted by atomic mass is 35.5. The topological polar surface area (TPSA) is 20.2 Å². The Morgan fingerprint density at radius 3 is 2.19 bits per heavy atom. The van der Waals surface area contributed by atoms with Crippen LogP contribution in [-0.4, -0.2) is 17.4 Å². The summed E-state index contributed by atoms with van der Waals surface area (Å²) >= 11 is 5.41. The molecule has 16 heavy (non-hydrogen) atoms. The third kappa shape index (κ3) is 3.05. The van der Waals surface area contributed by atoms with Gasteiger partial charge in [0.1, 0.15) is 0 Å². The van der Waals surface area contributed by atoms with Crippen LogP contribution in [0.15, 0.2) is 12.1 Å². The van der Waals surface area contributed by atoms with Crippen LogP contribution in [-0.2, 0) is 6.42 Å². The number of hydrogen-bond acceptors (Lipinski definition) is 1. The first-order chi connectivity index (χ1) is 7.21. The van der Waals surface area contributed by atoms with Gasteiger partial charge in [-0.1, -0.05) is 11.6 Å². The minimum atomic E-state index is -4.83. The molecule has 0 aliphatic heterocycles. The second-order valence-corrected chi connectivity index (χ2v) is 3.53. The number of alkyl halides is 3. The van der Waals surface area contributed by atoms with Crippen LogP contribution in [0.25, 0.3) is 0 Å². The van der Waals surface area contributed by atoms with Crippen molar-refractivity contribution in [3.05, 3.63) is 34.4 Å². The van der Waals surface area contributed by atoms with Crippen LogP contribution in [0, 0.1) is 11.6 Å². The molecule has 0 bridgehead atoms. The first-order valence-corrected chi connectivity index (χ1v) is 4.48. The van der Waals surface area contributed by atoms with Crippen LogP contribution in [0.4, 0.5) is 22.0 Å². The van der Waals surface area contributed by atoms with Gasteiger partial charge in [0.25, 0.3) is 0 Å². The van der Waals surface area contributed by atoms with E-state index in [4.69, 9.17) is 16.7 Å². The summed E-state index contributed by atoms with van der Waals surface area (Å²) in [5.74, 6) is -2.57. The molecule has 0 saturated heterocycles. The molecule has 1 atom stereocenters. The van der Waals surface area contributed by atoms with E-state index in [0.29, 0.717) is 12.1 Å². The van der Waals surface area contributed by atoms with Crippen molar-refractivity contribution >= 4 is 11.6 Å². The van der Waals surface area contributed by atoms with Gasteiger partial charge >= 0.3 is 6.18 Å². The minimum Gasteiger partial charge on any atom is -0.383 e. The fourth-order valence-corrected chi connectivity index (χ4v) is 1.27. The molecule has 0 amide bonds. The van der Waals surface area contributed by atoms with Gasteiger partial charge in [-0.05, 0) is 17.7 Å². The van der Waals surface area contributed by atoms with Crippen molar-refractivity contribution in [1.82, 2.24) is 0 Å². The van der Waals surface area contributed by atoms with Crippen LogP contribution in [0.2, 0.25) is 5.02 Å². The van der Waals surface area contributed by atoms with E-state index in [1.807, 2.05) is 0 Å². The van der Waals surface area contributed by atoms with E-state index in [-0.39, 0.29) is 10.6 Å². The van der Waals surface area contributed by atoms with Crippen molar-refractivity contribution in [3.63, 3.8) is 0 Å². The van der Waals surface area contributed by atoms with E-state index < -0.39 is 30.3 Å². The Morgan fingerprint density at radius 1 is 1.19 bits per heavy atom. The Balaban J connectivity index is 2.94. The van der Waals surface area contributed by atoms with Crippen LogP contribution >= 0.6 is 11.6 Å². The maximum Gasteiger partial charge on any atom is 0.414 e. The van der Waals surface area contributed by atoms with E-state index in [2.05, 4.69) is 0 Å². The van der Waals surface area contributed by atoms with E-state index >= 15 is 0 Å². The third-order valence-electron chi connectivity index (χ3n) is 1.88. The average molecular weight is 261 g/mol. The first kappa shape index (κ1) is 13.2. The summed E-state index contributed by atoms with van der Waals surface area (Å²) in [6.45, 7) is 0. The summed E-state index contributed by atoms with van der Waals surface area (Å²) < 4.78 is 61.3. The standard InChI is InChI=1S/C9H6ClF5O/c10-5-3-7(12)6(11)1-4(5)2-8(16)9(13,14)15/h1,3,8,16H,2H2. The quantitative estimate of drug-likeness (QED) is 0.640. The second kappa shape index (κ2) is 4.55. The lowest BCUT2D eigenvalue weighted by Crippen LogP contribution is -2.30. The van der Waals surface area contributed by atoms with Crippen molar-refractivity contribution in [3.8, 4) is 0 Å². The molecule has 0 aromatic heterocycles. The Hall–Kier alpha value is -0.880. The van der Waals surface area contributed by atoms with Crippen molar-refractivity contribution < 1.29 is 27.1 Å². The molecule has 0 fully saturated rings. The second-order valence-electron chi connectivity index (χ2n) is 3.12. The zero-order chi connectivity index (χ0) is 12.5. The molecule has 1 aromatic carbocycles. The average Bonchev–Trinajstić information content (AvgIpc) is 2.12. The van der Waals surface area contributed by atoms with E-state index in [1.165, 1.54) is 0 Å². The molecule has 0 saturated carbocycles. The number of hydrogen-bond donors (Lipinski definition) is 1. The molecule has 0 spiro atoms. The minimum absolute atomic E-state index is 0.301. The summed E-state index contributed by atoms with van der Waals surface area (Å²) in [6.07, 6.45) is -8.40. The molecule has 0 aliphatic carbocycles.